The van der Waals surface area contributed by atoms with Gasteiger partial charge < -0.3 is 4.57 Å². The molecule has 1 aliphatic carbocycles. The molecule has 0 aromatic carbocycles. The third-order valence-corrected chi connectivity index (χ3v) is 1.96. The minimum absolute atomic E-state index is 0.301. The summed E-state index contributed by atoms with van der Waals surface area (Å²) in [5, 5.41) is 0. The minimum Gasteiger partial charge on any atom is -0.356 e. The Bertz CT molecular complexity index is 285. The summed E-state index contributed by atoms with van der Waals surface area (Å²) >= 11 is 0. The first kappa shape index (κ1) is 5.71. The van der Waals surface area contributed by atoms with Gasteiger partial charge in [0.1, 0.15) is 0 Å². The molecule has 2 heteroatoms. The molecular weight excluding hydrogens is 126 g/mol. The number of carbonyl (C=O) groups is 1. The summed E-state index contributed by atoms with van der Waals surface area (Å²) in [6.45, 7) is 0. The molecule has 0 spiro atoms. The molecule has 2 rings (SSSR count). The maximum atomic E-state index is 11.1. The van der Waals surface area contributed by atoms with Crippen molar-refractivity contribution in [1.82, 2.24) is 4.57 Å². The van der Waals surface area contributed by atoms with Crippen molar-refractivity contribution in [3.8, 4) is 0 Å². The Balaban J connectivity index is 2.59. The standard InChI is InChI=1S/C8H9NO/c1-9-4-6-2-3-8(10)7(6)5-9/h4-5H,2-3H2,1H3. The molecule has 1 heterocycles. The molecule has 0 amide bonds. The van der Waals surface area contributed by atoms with Crippen molar-refractivity contribution in [3.63, 3.8) is 0 Å². The second kappa shape index (κ2) is 1.72. The van der Waals surface area contributed by atoms with Crippen LogP contribution >= 0.6 is 0 Å². The number of nitrogens with zero attached hydrogens (tertiary/aromatic N) is 1. The van der Waals surface area contributed by atoms with E-state index in [9.17, 15) is 4.79 Å². The molecule has 0 saturated carbocycles. The van der Waals surface area contributed by atoms with Gasteiger partial charge in [0.15, 0.2) is 5.78 Å². The Morgan fingerprint density at radius 2 is 2.20 bits per heavy atom. The van der Waals surface area contributed by atoms with Crippen molar-refractivity contribution in [2.45, 2.75) is 12.8 Å². The van der Waals surface area contributed by atoms with Crippen LogP contribution < -0.4 is 0 Å². The van der Waals surface area contributed by atoms with Crippen LogP contribution in [0.15, 0.2) is 12.4 Å². The normalized spacial score (nSPS) is 15.9. The second-order valence-electron chi connectivity index (χ2n) is 2.79. The van der Waals surface area contributed by atoms with Gasteiger partial charge >= 0.3 is 0 Å². The molecule has 0 fully saturated rings. The maximum Gasteiger partial charge on any atom is 0.165 e. The van der Waals surface area contributed by atoms with Crippen molar-refractivity contribution >= 4 is 5.78 Å². The molecule has 0 atom stereocenters. The predicted molar refractivity (Wildman–Crippen MR) is 38.1 cm³/mol. The van der Waals surface area contributed by atoms with E-state index >= 15 is 0 Å². The smallest absolute Gasteiger partial charge is 0.165 e. The summed E-state index contributed by atoms with van der Waals surface area (Å²) in [6.07, 6.45) is 5.59. The summed E-state index contributed by atoms with van der Waals surface area (Å²) in [4.78, 5) is 11.1. The molecule has 1 aliphatic rings. The average Bonchev–Trinajstić information content (AvgIpc) is 2.35. The number of fused-ring (bicyclic) bond motifs is 1. The number of hydrogen-bond acceptors (Lipinski definition) is 1. The van der Waals surface area contributed by atoms with Crippen LogP contribution in [0, 0.1) is 0 Å². The first-order valence-corrected chi connectivity index (χ1v) is 3.45. The summed E-state index contributed by atoms with van der Waals surface area (Å²) in [5.41, 5.74) is 2.15. The molecule has 52 valence electrons. The van der Waals surface area contributed by atoms with E-state index in [2.05, 4.69) is 0 Å². The third-order valence-electron chi connectivity index (χ3n) is 1.96. The van der Waals surface area contributed by atoms with Gasteiger partial charge in [-0.05, 0) is 12.0 Å². The predicted octanol–water partition coefficient (Wildman–Crippen LogP) is 1.15. The molecule has 10 heavy (non-hydrogen) atoms. The number of Topliss-reactive ketones (excluding diaryl/α,β-unsaturated/α-hetero) is 1. The Labute approximate surface area is 59.5 Å². The van der Waals surface area contributed by atoms with E-state index in [0.717, 1.165) is 12.0 Å². The number of aryl methyl sites for hydroxylation is 2. The molecule has 1 aromatic heterocycles. The van der Waals surface area contributed by atoms with Crippen molar-refractivity contribution in [1.29, 1.82) is 0 Å². The molecule has 0 bridgehead atoms. The van der Waals surface area contributed by atoms with Gasteiger partial charge in [-0.1, -0.05) is 0 Å². The quantitative estimate of drug-likeness (QED) is 0.523. The summed E-state index contributed by atoms with van der Waals surface area (Å²) in [7, 11) is 1.95. The summed E-state index contributed by atoms with van der Waals surface area (Å²) < 4.78 is 1.95. The van der Waals surface area contributed by atoms with Crippen LogP contribution in [0.5, 0.6) is 0 Å². The van der Waals surface area contributed by atoms with Gasteiger partial charge in [-0.25, -0.2) is 0 Å². The zero-order chi connectivity index (χ0) is 7.14. The number of carbonyl (C=O) groups excluding carboxylic acids is 1. The lowest BCUT2D eigenvalue weighted by atomic mass is 10.2. The molecule has 0 saturated heterocycles. The van der Waals surface area contributed by atoms with Crippen LogP contribution in [0.2, 0.25) is 0 Å². The fraction of sp³-hybridized carbons (Fsp3) is 0.375. The van der Waals surface area contributed by atoms with Crippen LogP contribution in [0.4, 0.5) is 0 Å². The van der Waals surface area contributed by atoms with E-state index < -0.39 is 0 Å². The summed E-state index contributed by atoms with van der Waals surface area (Å²) in [5.74, 6) is 0.301. The van der Waals surface area contributed by atoms with Gasteiger partial charge in [0, 0.05) is 31.4 Å². The van der Waals surface area contributed by atoms with Gasteiger partial charge in [-0.3, -0.25) is 4.79 Å². The topological polar surface area (TPSA) is 22.0 Å². The van der Waals surface area contributed by atoms with Crippen LogP contribution in [-0.2, 0) is 13.5 Å². The highest BCUT2D eigenvalue weighted by molar-refractivity contribution is 6.00. The van der Waals surface area contributed by atoms with E-state index in [1.807, 2.05) is 24.0 Å². The van der Waals surface area contributed by atoms with Crippen molar-refractivity contribution < 1.29 is 4.79 Å². The lowest BCUT2D eigenvalue weighted by Gasteiger charge is -1.87. The maximum absolute atomic E-state index is 11.1. The Hall–Kier alpha value is -1.05. The minimum atomic E-state index is 0.301. The zero-order valence-electron chi connectivity index (χ0n) is 5.92. The first-order valence-electron chi connectivity index (χ1n) is 3.45. The molecular formula is C8H9NO. The van der Waals surface area contributed by atoms with Crippen LogP contribution in [0.25, 0.3) is 0 Å². The monoisotopic (exact) mass is 135 g/mol. The van der Waals surface area contributed by atoms with E-state index in [-0.39, 0.29) is 0 Å². The Kier molecular flexibility index (Phi) is 0.982. The molecule has 0 unspecified atom stereocenters. The molecule has 1 aromatic rings. The van der Waals surface area contributed by atoms with Gasteiger partial charge in [-0.2, -0.15) is 0 Å². The van der Waals surface area contributed by atoms with E-state index in [4.69, 9.17) is 0 Å². The number of ketones is 1. The third kappa shape index (κ3) is 0.618. The molecule has 0 N–H and O–H groups in total. The highest BCUT2D eigenvalue weighted by Crippen LogP contribution is 2.21. The van der Waals surface area contributed by atoms with Crippen LogP contribution in [0.3, 0.4) is 0 Å². The largest absolute Gasteiger partial charge is 0.356 e. The number of rotatable bonds is 0. The average molecular weight is 135 g/mol. The molecule has 0 aliphatic heterocycles. The van der Waals surface area contributed by atoms with Gasteiger partial charge in [0.05, 0.1) is 0 Å². The van der Waals surface area contributed by atoms with E-state index in [1.165, 1.54) is 5.56 Å². The van der Waals surface area contributed by atoms with Crippen molar-refractivity contribution in [2.24, 2.45) is 7.05 Å². The van der Waals surface area contributed by atoms with Crippen LogP contribution in [-0.4, -0.2) is 10.4 Å². The van der Waals surface area contributed by atoms with E-state index in [0.29, 0.717) is 12.2 Å². The fourth-order valence-corrected chi connectivity index (χ4v) is 1.47. The van der Waals surface area contributed by atoms with Gasteiger partial charge in [-0.15, -0.1) is 0 Å². The van der Waals surface area contributed by atoms with Crippen molar-refractivity contribution in [3.05, 3.63) is 23.5 Å². The number of aromatic nitrogens is 1. The highest BCUT2D eigenvalue weighted by atomic mass is 16.1. The first-order chi connectivity index (χ1) is 4.77. The zero-order valence-corrected chi connectivity index (χ0v) is 5.92. The SMILES string of the molecule is Cn1cc2c(c1)C(=O)CC2. The van der Waals surface area contributed by atoms with Crippen molar-refractivity contribution in [2.75, 3.05) is 0 Å². The number of hydrogen-bond donors (Lipinski definition) is 0. The summed E-state index contributed by atoms with van der Waals surface area (Å²) in [6, 6.07) is 0. The lowest BCUT2D eigenvalue weighted by Crippen LogP contribution is -1.90. The van der Waals surface area contributed by atoms with Gasteiger partial charge in [0.2, 0.25) is 0 Å². The molecule has 0 radical (unpaired) electrons. The van der Waals surface area contributed by atoms with E-state index in [1.54, 1.807) is 0 Å². The second-order valence-corrected chi connectivity index (χ2v) is 2.79. The molecule has 2 nitrogen and oxygen atoms in total. The Morgan fingerprint density at radius 3 is 2.90 bits per heavy atom. The highest BCUT2D eigenvalue weighted by Gasteiger charge is 2.20. The van der Waals surface area contributed by atoms with Gasteiger partial charge in [0.25, 0.3) is 0 Å². The Morgan fingerprint density at radius 1 is 1.40 bits per heavy atom. The lowest BCUT2D eigenvalue weighted by molar-refractivity contribution is 0.0994. The fourth-order valence-electron chi connectivity index (χ4n) is 1.47. The van der Waals surface area contributed by atoms with Crippen LogP contribution in [0.1, 0.15) is 22.3 Å².